The Morgan fingerprint density at radius 2 is 2.25 bits per heavy atom. The van der Waals surface area contributed by atoms with Crippen LogP contribution in [0.25, 0.3) is 0 Å². The first-order valence-corrected chi connectivity index (χ1v) is 7.33. The van der Waals surface area contributed by atoms with Crippen LogP contribution in [-0.2, 0) is 11.2 Å². The molecule has 0 saturated heterocycles. The molecule has 1 unspecified atom stereocenters. The Morgan fingerprint density at radius 3 is 2.85 bits per heavy atom. The van der Waals surface area contributed by atoms with Crippen LogP contribution in [0.4, 0.5) is 0 Å². The zero-order chi connectivity index (χ0) is 14.5. The van der Waals surface area contributed by atoms with E-state index < -0.39 is 0 Å². The van der Waals surface area contributed by atoms with Gasteiger partial charge in [-0.15, -0.1) is 0 Å². The molecule has 0 aromatic carbocycles. The molecule has 0 radical (unpaired) electrons. The van der Waals surface area contributed by atoms with Crippen molar-refractivity contribution in [2.75, 3.05) is 6.61 Å². The van der Waals surface area contributed by atoms with Gasteiger partial charge in [0.2, 0.25) is 11.8 Å². The normalized spacial score (nSPS) is 16.4. The standard InChI is InChI=1S/C14H23N3O3/c1-9(2)11(7-8-18)15-12(19)5-6-13-16-14(17-20-13)10-3-4-10/h9-11,18H,3-8H2,1-2H3,(H,15,19). The molecule has 112 valence electrons. The van der Waals surface area contributed by atoms with Crippen LogP contribution in [0.2, 0.25) is 0 Å². The number of aryl methyl sites for hydroxylation is 1. The number of amides is 1. The molecule has 6 nitrogen and oxygen atoms in total. The van der Waals surface area contributed by atoms with Crippen molar-refractivity contribution in [3.63, 3.8) is 0 Å². The van der Waals surface area contributed by atoms with Crippen LogP contribution in [0.5, 0.6) is 0 Å². The van der Waals surface area contributed by atoms with Crippen molar-refractivity contribution in [2.24, 2.45) is 5.92 Å². The predicted octanol–water partition coefficient (Wildman–Crippen LogP) is 1.40. The summed E-state index contributed by atoms with van der Waals surface area (Å²) in [4.78, 5) is 16.2. The Hall–Kier alpha value is -1.43. The molecule has 1 aromatic heterocycles. The number of aliphatic hydroxyl groups is 1. The fourth-order valence-electron chi connectivity index (χ4n) is 2.09. The molecule has 1 heterocycles. The smallest absolute Gasteiger partial charge is 0.227 e. The Morgan fingerprint density at radius 1 is 1.50 bits per heavy atom. The number of rotatable bonds is 8. The van der Waals surface area contributed by atoms with E-state index in [1.807, 2.05) is 13.8 Å². The van der Waals surface area contributed by atoms with Crippen LogP contribution < -0.4 is 5.32 Å². The third-order valence-electron chi connectivity index (χ3n) is 3.58. The molecule has 0 aliphatic heterocycles. The van der Waals surface area contributed by atoms with Gasteiger partial charge in [-0.3, -0.25) is 4.79 Å². The fourth-order valence-corrected chi connectivity index (χ4v) is 2.09. The average molecular weight is 281 g/mol. The van der Waals surface area contributed by atoms with Crippen molar-refractivity contribution in [1.29, 1.82) is 0 Å². The van der Waals surface area contributed by atoms with Gasteiger partial charge in [0.05, 0.1) is 0 Å². The third-order valence-corrected chi connectivity index (χ3v) is 3.58. The molecule has 0 bridgehead atoms. The highest BCUT2D eigenvalue weighted by Gasteiger charge is 2.28. The number of nitrogens with one attached hydrogen (secondary N) is 1. The summed E-state index contributed by atoms with van der Waals surface area (Å²) >= 11 is 0. The van der Waals surface area contributed by atoms with Gasteiger partial charge in [0.25, 0.3) is 0 Å². The topological polar surface area (TPSA) is 88.2 Å². The number of carbonyl (C=O) groups is 1. The molecular formula is C14H23N3O3. The van der Waals surface area contributed by atoms with Gasteiger partial charge >= 0.3 is 0 Å². The van der Waals surface area contributed by atoms with Crippen LogP contribution in [-0.4, -0.2) is 33.8 Å². The lowest BCUT2D eigenvalue weighted by atomic mass is 10.0. The first kappa shape index (κ1) is 15.0. The summed E-state index contributed by atoms with van der Waals surface area (Å²) in [5.74, 6) is 2.04. The third kappa shape index (κ3) is 4.30. The van der Waals surface area contributed by atoms with Crippen molar-refractivity contribution >= 4 is 5.91 Å². The van der Waals surface area contributed by atoms with E-state index in [-0.39, 0.29) is 18.6 Å². The quantitative estimate of drug-likeness (QED) is 0.752. The van der Waals surface area contributed by atoms with Crippen LogP contribution in [0, 0.1) is 5.92 Å². The van der Waals surface area contributed by atoms with E-state index in [2.05, 4.69) is 15.5 Å². The monoisotopic (exact) mass is 281 g/mol. The van der Waals surface area contributed by atoms with E-state index in [0.29, 0.717) is 37.0 Å². The largest absolute Gasteiger partial charge is 0.396 e. The summed E-state index contributed by atoms with van der Waals surface area (Å²) in [5, 5.41) is 15.8. The van der Waals surface area contributed by atoms with E-state index in [0.717, 1.165) is 18.7 Å². The zero-order valence-electron chi connectivity index (χ0n) is 12.1. The van der Waals surface area contributed by atoms with E-state index in [1.165, 1.54) is 0 Å². The molecule has 20 heavy (non-hydrogen) atoms. The summed E-state index contributed by atoms with van der Waals surface area (Å²) < 4.78 is 5.14. The summed E-state index contributed by atoms with van der Waals surface area (Å²) in [6.07, 6.45) is 3.65. The minimum absolute atomic E-state index is 0.0113. The number of nitrogens with zero attached hydrogens (tertiary/aromatic N) is 2. The molecular weight excluding hydrogens is 258 g/mol. The molecule has 1 atom stereocenters. The minimum atomic E-state index is -0.0386. The van der Waals surface area contributed by atoms with E-state index in [9.17, 15) is 4.79 Å². The number of carbonyl (C=O) groups excluding carboxylic acids is 1. The first-order chi connectivity index (χ1) is 9.60. The van der Waals surface area contributed by atoms with E-state index in [1.54, 1.807) is 0 Å². The lowest BCUT2D eigenvalue weighted by molar-refractivity contribution is -0.122. The van der Waals surface area contributed by atoms with Crippen molar-refractivity contribution in [2.45, 2.75) is 57.9 Å². The number of hydrogen-bond acceptors (Lipinski definition) is 5. The Balaban J connectivity index is 1.75. The Kier molecular flexibility index (Phi) is 5.11. The second-order valence-corrected chi connectivity index (χ2v) is 5.75. The number of aliphatic hydroxyl groups excluding tert-OH is 1. The van der Waals surface area contributed by atoms with Crippen molar-refractivity contribution < 1.29 is 14.4 Å². The average Bonchev–Trinajstić information content (AvgIpc) is 3.15. The van der Waals surface area contributed by atoms with Gasteiger partial charge in [-0.1, -0.05) is 19.0 Å². The van der Waals surface area contributed by atoms with Crippen LogP contribution >= 0.6 is 0 Å². The maximum atomic E-state index is 11.9. The molecule has 2 rings (SSSR count). The molecule has 1 aliphatic carbocycles. The zero-order valence-corrected chi connectivity index (χ0v) is 12.1. The van der Waals surface area contributed by atoms with Gasteiger partial charge < -0.3 is 14.9 Å². The van der Waals surface area contributed by atoms with E-state index >= 15 is 0 Å². The highest BCUT2D eigenvalue weighted by Crippen LogP contribution is 2.38. The minimum Gasteiger partial charge on any atom is -0.396 e. The SMILES string of the molecule is CC(C)C(CCO)NC(=O)CCc1nc(C2CC2)no1. The van der Waals surface area contributed by atoms with Crippen molar-refractivity contribution in [1.82, 2.24) is 15.5 Å². The molecule has 2 N–H and O–H groups in total. The highest BCUT2D eigenvalue weighted by molar-refractivity contribution is 5.76. The molecule has 6 heteroatoms. The highest BCUT2D eigenvalue weighted by atomic mass is 16.5. The summed E-state index contributed by atoms with van der Waals surface area (Å²) in [6.45, 7) is 4.14. The second-order valence-electron chi connectivity index (χ2n) is 5.75. The molecule has 1 aromatic rings. The lowest BCUT2D eigenvalue weighted by Gasteiger charge is -2.21. The van der Waals surface area contributed by atoms with Crippen molar-refractivity contribution in [3.8, 4) is 0 Å². The van der Waals surface area contributed by atoms with Gasteiger partial charge in [-0.05, 0) is 25.2 Å². The molecule has 1 amide bonds. The van der Waals surface area contributed by atoms with Gasteiger partial charge in [0, 0.05) is 31.4 Å². The summed E-state index contributed by atoms with van der Waals surface area (Å²) in [5.41, 5.74) is 0. The summed E-state index contributed by atoms with van der Waals surface area (Å²) in [6, 6.07) is 0.0113. The molecule has 1 aliphatic rings. The Bertz CT molecular complexity index is 441. The lowest BCUT2D eigenvalue weighted by Crippen LogP contribution is -2.39. The molecule has 0 spiro atoms. The van der Waals surface area contributed by atoms with E-state index in [4.69, 9.17) is 9.63 Å². The van der Waals surface area contributed by atoms with Crippen LogP contribution in [0.3, 0.4) is 0 Å². The van der Waals surface area contributed by atoms with Crippen LogP contribution in [0.15, 0.2) is 4.52 Å². The molecule has 1 fully saturated rings. The first-order valence-electron chi connectivity index (χ1n) is 7.33. The van der Waals surface area contributed by atoms with Gasteiger partial charge in [-0.25, -0.2) is 0 Å². The summed E-state index contributed by atoms with van der Waals surface area (Å²) in [7, 11) is 0. The predicted molar refractivity (Wildman–Crippen MR) is 73.1 cm³/mol. The van der Waals surface area contributed by atoms with Gasteiger partial charge in [-0.2, -0.15) is 4.98 Å². The van der Waals surface area contributed by atoms with Crippen LogP contribution in [0.1, 0.15) is 57.2 Å². The number of hydrogen-bond donors (Lipinski definition) is 2. The maximum absolute atomic E-state index is 11.9. The van der Waals surface area contributed by atoms with Gasteiger partial charge in [0.1, 0.15) is 0 Å². The molecule has 1 saturated carbocycles. The Labute approximate surface area is 118 Å². The fraction of sp³-hybridized carbons (Fsp3) is 0.786. The maximum Gasteiger partial charge on any atom is 0.227 e. The van der Waals surface area contributed by atoms with Gasteiger partial charge in [0.15, 0.2) is 5.82 Å². The second kappa shape index (κ2) is 6.83. The van der Waals surface area contributed by atoms with Crippen molar-refractivity contribution in [3.05, 3.63) is 11.7 Å². The number of aromatic nitrogens is 2.